The van der Waals surface area contributed by atoms with Crippen molar-refractivity contribution in [3.05, 3.63) is 35.9 Å². The standard InChI is InChI=1S/C8H8O2.C7H13NO/c9-7-10-6-8-4-2-1-3-5-8;1-6-3-4-8(5-6)7(2)9/h1-5,7H,6H2;6H,3-5H2,1-2H3. The SMILES string of the molecule is CC(=O)N1CCC(C)C1.O=COCc1ccccc1. The summed E-state index contributed by atoms with van der Waals surface area (Å²) < 4.78 is 4.54. The molecular formula is C15H21NO3. The molecule has 1 amide bonds. The van der Waals surface area contributed by atoms with Gasteiger partial charge in [0.1, 0.15) is 6.61 Å². The summed E-state index contributed by atoms with van der Waals surface area (Å²) in [5.41, 5.74) is 1.01. The van der Waals surface area contributed by atoms with Crippen molar-refractivity contribution in [3.8, 4) is 0 Å². The minimum Gasteiger partial charge on any atom is -0.463 e. The Hall–Kier alpha value is -1.84. The summed E-state index contributed by atoms with van der Waals surface area (Å²) in [6.45, 7) is 6.57. The first-order valence-electron chi connectivity index (χ1n) is 6.48. The summed E-state index contributed by atoms with van der Waals surface area (Å²) in [5, 5.41) is 0. The van der Waals surface area contributed by atoms with Gasteiger partial charge in [-0.2, -0.15) is 0 Å². The van der Waals surface area contributed by atoms with Gasteiger partial charge >= 0.3 is 0 Å². The van der Waals surface area contributed by atoms with Crippen molar-refractivity contribution in [1.29, 1.82) is 0 Å². The largest absolute Gasteiger partial charge is 0.463 e. The number of hydrogen-bond donors (Lipinski definition) is 0. The van der Waals surface area contributed by atoms with Gasteiger partial charge in [-0.15, -0.1) is 0 Å². The molecule has 1 heterocycles. The summed E-state index contributed by atoms with van der Waals surface area (Å²) in [7, 11) is 0. The molecule has 1 atom stereocenters. The highest BCUT2D eigenvalue weighted by molar-refractivity contribution is 5.73. The third kappa shape index (κ3) is 6.04. The van der Waals surface area contributed by atoms with Crippen LogP contribution in [-0.4, -0.2) is 30.4 Å². The molecule has 1 aliphatic heterocycles. The van der Waals surface area contributed by atoms with Crippen LogP contribution in [0, 0.1) is 5.92 Å². The van der Waals surface area contributed by atoms with E-state index in [1.54, 1.807) is 6.92 Å². The molecule has 2 rings (SSSR count). The van der Waals surface area contributed by atoms with Gasteiger partial charge in [0.05, 0.1) is 0 Å². The van der Waals surface area contributed by atoms with Crippen molar-refractivity contribution in [2.45, 2.75) is 26.9 Å². The van der Waals surface area contributed by atoms with Crippen LogP contribution in [0.1, 0.15) is 25.8 Å². The Kier molecular flexibility index (Phi) is 6.64. The van der Waals surface area contributed by atoms with E-state index in [1.807, 2.05) is 35.2 Å². The van der Waals surface area contributed by atoms with Gasteiger partial charge in [0.2, 0.25) is 5.91 Å². The molecule has 1 unspecified atom stereocenters. The van der Waals surface area contributed by atoms with E-state index in [-0.39, 0.29) is 5.91 Å². The molecular weight excluding hydrogens is 242 g/mol. The second-order valence-corrected chi connectivity index (χ2v) is 4.75. The van der Waals surface area contributed by atoms with E-state index < -0.39 is 0 Å². The van der Waals surface area contributed by atoms with Crippen LogP contribution >= 0.6 is 0 Å². The second-order valence-electron chi connectivity index (χ2n) is 4.75. The number of amides is 1. The number of hydrogen-bond acceptors (Lipinski definition) is 3. The topological polar surface area (TPSA) is 46.6 Å². The molecule has 0 saturated carbocycles. The monoisotopic (exact) mass is 263 g/mol. The molecule has 0 radical (unpaired) electrons. The zero-order valence-electron chi connectivity index (χ0n) is 11.5. The fraction of sp³-hybridized carbons (Fsp3) is 0.467. The number of benzene rings is 1. The summed E-state index contributed by atoms with van der Waals surface area (Å²) in [6.07, 6.45) is 1.18. The van der Waals surface area contributed by atoms with Crippen LogP contribution in [0.2, 0.25) is 0 Å². The molecule has 4 nitrogen and oxygen atoms in total. The lowest BCUT2D eigenvalue weighted by molar-refractivity contribution is -0.130. The number of carbonyl (C=O) groups is 2. The zero-order chi connectivity index (χ0) is 14.1. The molecule has 0 spiro atoms. The molecule has 19 heavy (non-hydrogen) atoms. The molecule has 0 aromatic heterocycles. The lowest BCUT2D eigenvalue weighted by Crippen LogP contribution is -2.25. The van der Waals surface area contributed by atoms with Crippen LogP contribution < -0.4 is 0 Å². The Morgan fingerprint density at radius 3 is 2.53 bits per heavy atom. The van der Waals surface area contributed by atoms with Crippen molar-refractivity contribution in [2.75, 3.05) is 13.1 Å². The van der Waals surface area contributed by atoms with Crippen LogP contribution in [0.4, 0.5) is 0 Å². The molecule has 1 fully saturated rings. The first-order valence-corrected chi connectivity index (χ1v) is 6.48. The van der Waals surface area contributed by atoms with E-state index in [0.717, 1.165) is 18.7 Å². The lowest BCUT2D eigenvalue weighted by atomic mass is 10.2. The smallest absolute Gasteiger partial charge is 0.293 e. The molecule has 1 aromatic rings. The molecule has 1 aliphatic rings. The Labute approximate surface area is 114 Å². The number of likely N-dealkylation sites (tertiary alicyclic amines) is 1. The zero-order valence-corrected chi connectivity index (χ0v) is 11.5. The molecule has 104 valence electrons. The third-order valence-electron chi connectivity index (χ3n) is 3.03. The average Bonchev–Trinajstić information content (AvgIpc) is 2.85. The molecule has 0 N–H and O–H groups in total. The van der Waals surface area contributed by atoms with Gasteiger partial charge in [-0.3, -0.25) is 9.59 Å². The minimum absolute atomic E-state index is 0.222. The highest BCUT2D eigenvalue weighted by Crippen LogP contribution is 2.14. The molecule has 1 aromatic carbocycles. The summed E-state index contributed by atoms with van der Waals surface area (Å²) in [4.78, 5) is 22.4. The number of ether oxygens (including phenoxy) is 1. The van der Waals surface area contributed by atoms with Gasteiger partial charge in [-0.25, -0.2) is 0 Å². The third-order valence-corrected chi connectivity index (χ3v) is 3.03. The highest BCUT2D eigenvalue weighted by Gasteiger charge is 2.19. The normalized spacial score (nSPS) is 17.4. The minimum atomic E-state index is 0.222. The predicted molar refractivity (Wildman–Crippen MR) is 73.3 cm³/mol. The van der Waals surface area contributed by atoms with Crippen molar-refractivity contribution in [3.63, 3.8) is 0 Å². The van der Waals surface area contributed by atoms with E-state index >= 15 is 0 Å². The molecule has 0 bridgehead atoms. The van der Waals surface area contributed by atoms with Gasteiger partial charge in [-0.05, 0) is 17.9 Å². The van der Waals surface area contributed by atoms with Gasteiger partial charge in [0, 0.05) is 20.0 Å². The first-order chi connectivity index (χ1) is 9.13. The second kappa shape index (κ2) is 8.29. The summed E-state index contributed by atoms with van der Waals surface area (Å²) >= 11 is 0. The van der Waals surface area contributed by atoms with Crippen LogP contribution in [0.25, 0.3) is 0 Å². The van der Waals surface area contributed by atoms with Crippen molar-refractivity contribution in [2.24, 2.45) is 5.92 Å². The van der Waals surface area contributed by atoms with Gasteiger partial charge < -0.3 is 9.64 Å². The van der Waals surface area contributed by atoms with Crippen molar-refractivity contribution in [1.82, 2.24) is 4.90 Å². The predicted octanol–water partition coefficient (Wildman–Crippen LogP) is 2.23. The van der Waals surface area contributed by atoms with E-state index in [1.165, 1.54) is 6.42 Å². The molecule has 1 saturated heterocycles. The maximum atomic E-state index is 10.7. The Morgan fingerprint density at radius 1 is 1.42 bits per heavy atom. The van der Waals surface area contributed by atoms with Gasteiger partial charge in [0.25, 0.3) is 6.47 Å². The fourth-order valence-electron chi connectivity index (χ4n) is 1.93. The number of nitrogens with zero attached hydrogens (tertiary/aromatic N) is 1. The Bertz CT molecular complexity index is 392. The van der Waals surface area contributed by atoms with Crippen molar-refractivity contribution >= 4 is 12.4 Å². The average molecular weight is 263 g/mol. The van der Waals surface area contributed by atoms with E-state index in [2.05, 4.69) is 11.7 Å². The van der Waals surface area contributed by atoms with Crippen LogP contribution in [0.3, 0.4) is 0 Å². The lowest BCUT2D eigenvalue weighted by Gasteiger charge is -2.11. The Morgan fingerprint density at radius 2 is 2.11 bits per heavy atom. The molecule has 4 heteroatoms. The van der Waals surface area contributed by atoms with Gasteiger partial charge in [0.15, 0.2) is 0 Å². The maximum Gasteiger partial charge on any atom is 0.293 e. The van der Waals surface area contributed by atoms with E-state index in [4.69, 9.17) is 0 Å². The maximum absolute atomic E-state index is 10.7. The first kappa shape index (κ1) is 15.2. The Balaban J connectivity index is 0.000000191. The van der Waals surface area contributed by atoms with Crippen LogP contribution in [-0.2, 0) is 20.9 Å². The number of rotatable bonds is 3. The van der Waals surface area contributed by atoms with Gasteiger partial charge in [-0.1, -0.05) is 37.3 Å². The highest BCUT2D eigenvalue weighted by atomic mass is 16.5. The van der Waals surface area contributed by atoms with Crippen molar-refractivity contribution < 1.29 is 14.3 Å². The fourth-order valence-corrected chi connectivity index (χ4v) is 1.93. The molecule has 0 aliphatic carbocycles. The quantitative estimate of drug-likeness (QED) is 0.786. The van der Waals surface area contributed by atoms with Crippen LogP contribution in [0.5, 0.6) is 0 Å². The van der Waals surface area contributed by atoms with Crippen LogP contribution in [0.15, 0.2) is 30.3 Å². The van der Waals surface area contributed by atoms with E-state index in [0.29, 0.717) is 19.0 Å². The van der Waals surface area contributed by atoms with E-state index in [9.17, 15) is 9.59 Å². The number of carbonyl (C=O) groups excluding carboxylic acids is 2. The summed E-state index contributed by atoms with van der Waals surface area (Å²) in [6, 6.07) is 9.55. The summed E-state index contributed by atoms with van der Waals surface area (Å²) in [5.74, 6) is 0.938.